The number of hydrogen-bond acceptors (Lipinski definition) is 4. The van der Waals surface area contributed by atoms with Crippen molar-refractivity contribution >= 4 is 38.7 Å². The van der Waals surface area contributed by atoms with Crippen LogP contribution < -0.4 is 10.2 Å². The highest BCUT2D eigenvalue weighted by atomic mass is 79.9. The maximum absolute atomic E-state index is 11.1. The first-order chi connectivity index (χ1) is 9.49. The predicted molar refractivity (Wildman–Crippen MR) is 84.8 cm³/mol. The average molecular weight is 336 g/mol. The molecule has 2 aromatic carbocycles. The molecule has 0 aliphatic rings. The maximum Gasteiger partial charge on any atom is 0.293 e. The molecule has 2 rings (SSSR count). The summed E-state index contributed by atoms with van der Waals surface area (Å²) in [6.07, 6.45) is 0. The van der Waals surface area contributed by atoms with Gasteiger partial charge in [-0.3, -0.25) is 10.1 Å². The van der Waals surface area contributed by atoms with E-state index in [2.05, 4.69) is 21.2 Å². The van der Waals surface area contributed by atoms with Gasteiger partial charge in [-0.15, -0.1) is 0 Å². The topological polar surface area (TPSA) is 58.4 Å². The van der Waals surface area contributed by atoms with Gasteiger partial charge in [0.1, 0.15) is 5.69 Å². The van der Waals surface area contributed by atoms with Crippen LogP contribution in [0.15, 0.2) is 46.9 Å². The molecule has 0 aromatic heterocycles. The Hall–Kier alpha value is -2.08. The van der Waals surface area contributed by atoms with Crippen LogP contribution in [0.4, 0.5) is 22.7 Å². The minimum absolute atomic E-state index is 0.0351. The number of rotatable bonds is 4. The van der Waals surface area contributed by atoms with Crippen LogP contribution in [0, 0.1) is 10.1 Å². The molecule has 0 radical (unpaired) electrons. The van der Waals surface area contributed by atoms with E-state index in [4.69, 9.17) is 0 Å². The van der Waals surface area contributed by atoms with Gasteiger partial charge in [-0.05, 0) is 24.3 Å². The van der Waals surface area contributed by atoms with E-state index in [1.165, 1.54) is 6.07 Å². The van der Waals surface area contributed by atoms with Gasteiger partial charge < -0.3 is 10.2 Å². The first-order valence-electron chi connectivity index (χ1n) is 5.96. The Kier molecular flexibility index (Phi) is 4.24. The summed E-state index contributed by atoms with van der Waals surface area (Å²) in [5.41, 5.74) is 2.29. The van der Waals surface area contributed by atoms with Gasteiger partial charge in [0.25, 0.3) is 5.69 Å². The highest BCUT2D eigenvalue weighted by molar-refractivity contribution is 9.10. The summed E-state index contributed by atoms with van der Waals surface area (Å²) in [5, 5.41) is 14.2. The van der Waals surface area contributed by atoms with Crippen molar-refractivity contribution in [3.63, 3.8) is 0 Å². The molecule has 5 nitrogen and oxygen atoms in total. The molecule has 104 valence electrons. The Morgan fingerprint density at radius 1 is 1.15 bits per heavy atom. The fourth-order valence-corrected chi connectivity index (χ4v) is 2.22. The summed E-state index contributed by atoms with van der Waals surface area (Å²) in [6, 6.07) is 12.6. The smallest absolute Gasteiger partial charge is 0.293 e. The molecule has 0 amide bonds. The summed E-state index contributed by atoms with van der Waals surface area (Å²) in [5.74, 6) is 0. The number of hydrogen-bond donors (Lipinski definition) is 1. The van der Waals surface area contributed by atoms with Crippen LogP contribution in [0.25, 0.3) is 0 Å². The number of halogens is 1. The zero-order valence-electron chi connectivity index (χ0n) is 11.1. The van der Waals surface area contributed by atoms with Gasteiger partial charge in [-0.1, -0.05) is 28.1 Å². The van der Waals surface area contributed by atoms with E-state index in [1.807, 2.05) is 43.3 Å². The second-order valence-electron chi connectivity index (χ2n) is 4.46. The van der Waals surface area contributed by atoms with Gasteiger partial charge >= 0.3 is 0 Å². The molecule has 0 saturated heterocycles. The fraction of sp³-hybridized carbons (Fsp3) is 0.143. The molecule has 0 heterocycles. The summed E-state index contributed by atoms with van der Waals surface area (Å²) in [7, 11) is 3.85. The lowest BCUT2D eigenvalue weighted by Gasteiger charge is -2.18. The molecule has 0 spiro atoms. The van der Waals surface area contributed by atoms with Crippen LogP contribution in [0.3, 0.4) is 0 Å². The Labute approximate surface area is 125 Å². The van der Waals surface area contributed by atoms with E-state index in [0.29, 0.717) is 10.2 Å². The van der Waals surface area contributed by atoms with Crippen molar-refractivity contribution < 1.29 is 4.92 Å². The number of nitro benzene ring substituents is 1. The van der Waals surface area contributed by atoms with Crippen molar-refractivity contribution in [3.8, 4) is 0 Å². The van der Waals surface area contributed by atoms with Crippen molar-refractivity contribution in [2.24, 2.45) is 0 Å². The van der Waals surface area contributed by atoms with Gasteiger partial charge in [-0.2, -0.15) is 0 Å². The third kappa shape index (κ3) is 3.08. The Morgan fingerprint density at radius 3 is 2.50 bits per heavy atom. The van der Waals surface area contributed by atoms with Crippen LogP contribution in [0.2, 0.25) is 0 Å². The van der Waals surface area contributed by atoms with E-state index in [1.54, 1.807) is 12.1 Å². The number of benzene rings is 2. The van der Waals surface area contributed by atoms with Crippen molar-refractivity contribution in [3.05, 3.63) is 57.1 Å². The van der Waals surface area contributed by atoms with Crippen LogP contribution in [0.5, 0.6) is 0 Å². The van der Waals surface area contributed by atoms with Crippen LogP contribution >= 0.6 is 15.9 Å². The van der Waals surface area contributed by atoms with Gasteiger partial charge in [0.2, 0.25) is 0 Å². The normalized spacial score (nSPS) is 10.2. The molecular formula is C14H14BrN3O2. The lowest BCUT2D eigenvalue weighted by atomic mass is 10.2. The zero-order chi connectivity index (χ0) is 14.7. The Morgan fingerprint density at radius 2 is 1.85 bits per heavy atom. The minimum atomic E-state index is -0.397. The second kappa shape index (κ2) is 5.92. The van der Waals surface area contributed by atoms with Crippen molar-refractivity contribution in [2.75, 3.05) is 24.3 Å². The van der Waals surface area contributed by atoms with Crippen LogP contribution in [-0.2, 0) is 0 Å². The Bertz CT molecular complexity index is 644. The molecule has 0 saturated carbocycles. The summed E-state index contributed by atoms with van der Waals surface area (Å²) < 4.78 is 0.677. The number of para-hydroxylation sites is 2. The van der Waals surface area contributed by atoms with Crippen molar-refractivity contribution in [1.29, 1.82) is 0 Å². The van der Waals surface area contributed by atoms with Gasteiger partial charge in [0.15, 0.2) is 0 Å². The Balaban J connectivity index is 2.43. The molecule has 0 unspecified atom stereocenters. The molecule has 2 aromatic rings. The molecule has 6 heteroatoms. The molecule has 0 bridgehead atoms. The van der Waals surface area contributed by atoms with Crippen LogP contribution in [-0.4, -0.2) is 19.0 Å². The largest absolute Gasteiger partial charge is 0.376 e. The first kappa shape index (κ1) is 14.3. The van der Waals surface area contributed by atoms with Crippen molar-refractivity contribution in [2.45, 2.75) is 0 Å². The maximum atomic E-state index is 11.1. The van der Waals surface area contributed by atoms with E-state index >= 15 is 0 Å². The lowest BCUT2D eigenvalue weighted by molar-refractivity contribution is -0.384. The second-order valence-corrected chi connectivity index (χ2v) is 5.37. The quantitative estimate of drug-likeness (QED) is 0.673. The number of nitrogens with one attached hydrogen (secondary N) is 1. The number of nitrogens with zero attached hydrogens (tertiary/aromatic N) is 2. The molecule has 0 atom stereocenters. The molecule has 20 heavy (non-hydrogen) atoms. The van der Waals surface area contributed by atoms with Gasteiger partial charge in [0, 0.05) is 24.6 Å². The van der Waals surface area contributed by atoms with Crippen LogP contribution in [0.1, 0.15) is 0 Å². The first-order valence-corrected chi connectivity index (χ1v) is 6.75. The monoisotopic (exact) mass is 335 g/mol. The molecule has 0 aliphatic carbocycles. The highest BCUT2D eigenvalue weighted by Crippen LogP contribution is 2.33. The average Bonchev–Trinajstić information content (AvgIpc) is 2.41. The SMILES string of the molecule is CN(C)c1ccccc1Nc1ccc(Br)cc1[N+](=O)[O-]. The number of nitro groups is 1. The fourth-order valence-electron chi connectivity index (χ4n) is 1.88. The number of anilines is 3. The third-order valence-electron chi connectivity index (χ3n) is 2.81. The van der Waals surface area contributed by atoms with E-state index in [-0.39, 0.29) is 5.69 Å². The molecular weight excluding hydrogens is 322 g/mol. The van der Waals surface area contributed by atoms with E-state index < -0.39 is 4.92 Å². The summed E-state index contributed by atoms with van der Waals surface area (Å²) in [6.45, 7) is 0. The van der Waals surface area contributed by atoms with Crippen molar-refractivity contribution in [1.82, 2.24) is 0 Å². The summed E-state index contributed by atoms with van der Waals surface area (Å²) >= 11 is 3.25. The van der Waals surface area contributed by atoms with Gasteiger partial charge in [0.05, 0.1) is 16.3 Å². The molecule has 1 N–H and O–H groups in total. The highest BCUT2D eigenvalue weighted by Gasteiger charge is 2.15. The van der Waals surface area contributed by atoms with E-state index in [9.17, 15) is 10.1 Å². The molecule has 0 fully saturated rings. The van der Waals surface area contributed by atoms with Gasteiger partial charge in [-0.25, -0.2) is 0 Å². The molecule has 0 aliphatic heterocycles. The predicted octanol–water partition coefficient (Wildman–Crippen LogP) is 4.17. The minimum Gasteiger partial charge on any atom is -0.376 e. The zero-order valence-corrected chi connectivity index (χ0v) is 12.7. The lowest BCUT2D eigenvalue weighted by Crippen LogP contribution is -2.11. The standard InChI is InChI=1S/C14H14BrN3O2/c1-17(2)13-6-4-3-5-11(13)16-12-8-7-10(15)9-14(12)18(19)20/h3-9,16H,1-2H3. The van der Waals surface area contributed by atoms with E-state index in [0.717, 1.165) is 11.4 Å². The third-order valence-corrected chi connectivity index (χ3v) is 3.30. The summed E-state index contributed by atoms with van der Waals surface area (Å²) in [4.78, 5) is 12.7.